The van der Waals surface area contributed by atoms with Gasteiger partial charge in [-0.3, -0.25) is 9.36 Å². The van der Waals surface area contributed by atoms with E-state index in [1.54, 1.807) is 36.4 Å². The Morgan fingerprint density at radius 2 is 2.00 bits per heavy atom. The Bertz CT molecular complexity index is 1160. The number of thiophene rings is 1. The van der Waals surface area contributed by atoms with Gasteiger partial charge in [0.2, 0.25) is 5.91 Å². The van der Waals surface area contributed by atoms with Gasteiger partial charge in [0.15, 0.2) is 0 Å². The van der Waals surface area contributed by atoms with Crippen LogP contribution in [0.4, 0.5) is 19.7 Å². The highest BCUT2D eigenvalue weighted by molar-refractivity contribution is 7.16. The maximum Gasteiger partial charge on any atom is 0.323 e. The molecule has 4 rings (SSSR count). The zero-order valence-corrected chi connectivity index (χ0v) is 17.8. The largest absolute Gasteiger partial charge is 0.351 e. The molecule has 4 N–H and O–H groups in total. The van der Waals surface area contributed by atoms with Crippen LogP contribution in [-0.2, 0) is 11.3 Å². The van der Waals surface area contributed by atoms with Crippen LogP contribution < -0.4 is 16.4 Å². The third-order valence-corrected chi connectivity index (χ3v) is 6.30. The van der Waals surface area contributed by atoms with Gasteiger partial charge in [-0.2, -0.15) is 0 Å². The lowest BCUT2D eigenvalue weighted by Gasteiger charge is -2.23. The summed E-state index contributed by atoms with van der Waals surface area (Å²) in [5.74, 6) is -0.445. The Morgan fingerprint density at radius 1 is 1.23 bits per heavy atom. The van der Waals surface area contributed by atoms with E-state index in [-0.39, 0.29) is 19.5 Å². The molecule has 1 fully saturated rings. The molecule has 1 aliphatic rings. The van der Waals surface area contributed by atoms with Crippen molar-refractivity contribution >= 4 is 57.5 Å². The van der Waals surface area contributed by atoms with Crippen LogP contribution in [0.15, 0.2) is 42.6 Å². The van der Waals surface area contributed by atoms with Gasteiger partial charge in [0.05, 0.1) is 28.6 Å². The van der Waals surface area contributed by atoms with Crippen molar-refractivity contribution in [1.29, 1.82) is 0 Å². The summed E-state index contributed by atoms with van der Waals surface area (Å²) in [5.41, 5.74) is 6.27. The average molecular weight is 464 g/mol. The zero-order chi connectivity index (χ0) is 22.1. The Hall–Kier alpha value is -3.11. The van der Waals surface area contributed by atoms with Crippen molar-refractivity contribution in [1.82, 2.24) is 14.8 Å². The van der Waals surface area contributed by atoms with Crippen LogP contribution in [0.2, 0.25) is 4.34 Å². The summed E-state index contributed by atoms with van der Waals surface area (Å²) >= 11 is 7.22. The predicted molar refractivity (Wildman–Crippen MR) is 117 cm³/mol. The van der Waals surface area contributed by atoms with Crippen LogP contribution in [0.1, 0.15) is 11.3 Å². The van der Waals surface area contributed by atoms with Crippen molar-refractivity contribution in [2.75, 3.05) is 11.9 Å². The Balaban J connectivity index is 1.50. The van der Waals surface area contributed by atoms with E-state index in [9.17, 15) is 18.8 Å². The first-order valence-corrected chi connectivity index (χ1v) is 10.7. The van der Waals surface area contributed by atoms with Crippen LogP contribution >= 0.6 is 22.9 Å². The molecule has 1 saturated heterocycles. The molecule has 3 heterocycles. The normalized spacial score (nSPS) is 18.3. The molecular formula is C20H19ClFN5O3S. The fourth-order valence-corrected chi connectivity index (χ4v) is 4.67. The number of fused-ring (bicyclic) bond motifs is 1. The average Bonchev–Trinajstić information content (AvgIpc) is 3.43. The first-order chi connectivity index (χ1) is 14.8. The number of amides is 4. The van der Waals surface area contributed by atoms with E-state index in [0.717, 1.165) is 9.78 Å². The molecule has 3 aromatic rings. The van der Waals surface area contributed by atoms with Crippen LogP contribution in [0.25, 0.3) is 10.9 Å². The van der Waals surface area contributed by atoms with E-state index >= 15 is 0 Å². The number of likely N-dealkylation sites (tertiary alicyclic amines) is 1. The minimum absolute atomic E-state index is 0.0898. The summed E-state index contributed by atoms with van der Waals surface area (Å²) in [6.07, 6.45) is 0.00133. The molecule has 2 atom stereocenters. The van der Waals surface area contributed by atoms with E-state index < -0.39 is 30.2 Å². The molecular weight excluding hydrogens is 445 g/mol. The Kier molecular flexibility index (Phi) is 5.84. The molecule has 1 aliphatic heterocycles. The minimum atomic E-state index is -1.32. The molecule has 11 heteroatoms. The van der Waals surface area contributed by atoms with Crippen LogP contribution in [0.3, 0.4) is 0 Å². The zero-order valence-electron chi connectivity index (χ0n) is 16.2. The molecule has 2 aromatic heterocycles. The van der Waals surface area contributed by atoms with Crippen molar-refractivity contribution in [3.63, 3.8) is 0 Å². The van der Waals surface area contributed by atoms with Crippen molar-refractivity contribution in [3.05, 3.63) is 51.8 Å². The van der Waals surface area contributed by atoms with Crippen molar-refractivity contribution in [3.8, 4) is 0 Å². The molecule has 0 spiro atoms. The van der Waals surface area contributed by atoms with Crippen molar-refractivity contribution in [2.24, 2.45) is 5.73 Å². The van der Waals surface area contributed by atoms with Gasteiger partial charge in [-0.05, 0) is 18.2 Å². The standard InChI is InChI=1S/C20H19ClFN5O3S/c21-17-6-5-12(31-17)8-24-18(28)16-7-11(22)9-27(16)20(30)25-14-10-26(19(23)29)15-4-2-1-3-13(14)15/h1-6,10-11,16H,7-9H2,(H2,23,29)(H,24,28)(H,25,30)/t11-,16+/m1/s1. The highest BCUT2D eigenvalue weighted by Crippen LogP contribution is 2.28. The predicted octanol–water partition coefficient (Wildman–Crippen LogP) is 3.54. The van der Waals surface area contributed by atoms with Crippen LogP contribution in [-0.4, -0.2) is 46.2 Å². The maximum absolute atomic E-state index is 14.1. The lowest BCUT2D eigenvalue weighted by Crippen LogP contribution is -2.47. The third-order valence-electron chi connectivity index (χ3n) is 5.07. The molecule has 0 unspecified atom stereocenters. The first-order valence-electron chi connectivity index (χ1n) is 9.47. The van der Waals surface area contributed by atoms with E-state index in [1.807, 2.05) is 0 Å². The highest BCUT2D eigenvalue weighted by Gasteiger charge is 2.40. The van der Waals surface area contributed by atoms with Gasteiger partial charge in [0, 0.05) is 22.9 Å². The van der Waals surface area contributed by atoms with Gasteiger partial charge in [0.1, 0.15) is 12.2 Å². The second-order valence-corrected chi connectivity index (χ2v) is 8.92. The fraction of sp³-hybridized carbons (Fsp3) is 0.250. The summed E-state index contributed by atoms with van der Waals surface area (Å²) in [6, 6.07) is 8.14. The molecule has 8 nitrogen and oxygen atoms in total. The Morgan fingerprint density at radius 3 is 2.71 bits per heavy atom. The summed E-state index contributed by atoms with van der Waals surface area (Å²) < 4.78 is 15.9. The second-order valence-electron chi connectivity index (χ2n) is 7.12. The lowest BCUT2D eigenvalue weighted by molar-refractivity contribution is -0.124. The second kappa shape index (κ2) is 8.56. The topological polar surface area (TPSA) is 109 Å². The fourth-order valence-electron chi connectivity index (χ4n) is 3.65. The van der Waals surface area contributed by atoms with Gasteiger partial charge in [-0.25, -0.2) is 14.0 Å². The molecule has 0 saturated carbocycles. The number of carbonyl (C=O) groups is 3. The van der Waals surface area contributed by atoms with Gasteiger partial charge in [-0.15, -0.1) is 11.3 Å². The summed E-state index contributed by atoms with van der Waals surface area (Å²) in [4.78, 5) is 39.3. The molecule has 31 heavy (non-hydrogen) atoms. The number of nitrogens with one attached hydrogen (secondary N) is 2. The summed E-state index contributed by atoms with van der Waals surface area (Å²) in [5, 5.41) is 6.01. The smallest absolute Gasteiger partial charge is 0.323 e. The van der Waals surface area contributed by atoms with E-state index in [4.69, 9.17) is 17.3 Å². The number of hydrogen-bond acceptors (Lipinski definition) is 4. The number of para-hydroxylation sites is 1. The Labute approximate surface area is 185 Å². The van der Waals surface area contributed by atoms with E-state index in [2.05, 4.69) is 10.6 Å². The monoisotopic (exact) mass is 463 g/mol. The first kappa shape index (κ1) is 21.1. The third kappa shape index (κ3) is 4.35. The minimum Gasteiger partial charge on any atom is -0.351 e. The van der Waals surface area contributed by atoms with Crippen molar-refractivity contribution < 1.29 is 18.8 Å². The number of rotatable bonds is 4. The van der Waals surface area contributed by atoms with Gasteiger partial charge in [-0.1, -0.05) is 29.8 Å². The number of benzene rings is 1. The van der Waals surface area contributed by atoms with E-state index in [1.165, 1.54) is 22.1 Å². The van der Waals surface area contributed by atoms with Gasteiger partial charge >= 0.3 is 12.1 Å². The molecule has 0 bridgehead atoms. The number of hydrogen-bond donors (Lipinski definition) is 3. The number of alkyl halides is 1. The SMILES string of the molecule is NC(=O)n1cc(NC(=O)N2C[C@H](F)C[C@H]2C(=O)NCc2ccc(Cl)s2)c2ccccc21. The quantitative estimate of drug-likeness (QED) is 0.550. The van der Waals surface area contributed by atoms with E-state index in [0.29, 0.717) is 20.9 Å². The number of aromatic nitrogens is 1. The number of nitrogens with two attached hydrogens (primary N) is 1. The van der Waals surface area contributed by atoms with Gasteiger partial charge in [0.25, 0.3) is 0 Å². The molecule has 4 amide bonds. The maximum atomic E-state index is 14.1. The summed E-state index contributed by atoms with van der Waals surface area (Å²) in [7, 11) is 0. The molecule has 1 aromatic carbocycles. The molecule has 162 valence electrons. The highest BCUT2D eigenvalue weighted by atomic mass is 35.5. The van der Waals surface area contributed by atoms with Crippen molar-refractivity contribution in [2.45, 2.75) is 25.2 Å². The number of carbonyl (C=O) groups excluding carboxylic acids is 3. The number of urea groups is 1. The lowest BCUT2D eigenvalue weighted by atomic mass is 10.2. The summed E-state index contributed by atoms with van der Waals surface area (Å²) in [6.45, 7) is 0.0362. The number of primary amides is 1. The molecule has 0 radical (unpaired) electrons. The number of halogens is 2. The molecule has 0 aliphatic carbocycles. The number of anilines is 1. The van der Waals surface area contributed by atoms with Crippen LogP contribution in [0, 0.1) is 0 Å². The number of nitrogens with zero attached hydrogens (tertiary/aromatic N) is 2. The van der Waals surface area contributed by atoms with Gasteiger partial charge < -0.3 is 21.3 Å². The van der Waals surface area contributed by atoms with Crippen LogP contribution in [0.5, 0.6) is 0 Å².